The number of ether oxygens (including phenoxy) is 2. The first-order valence-corrected chi connectivity index (χ1v) is 15.3. The lowest BCUT2D eigenvalue weighted by molar-refractivity contribution is 0.0589. The lowest BCUT2D eigenvalue weighted by Crippen LogP contribution is -2.42. The number of piperidine rings is 2. The molecule has 2 saturated heterocycles. The van der Waals surface area contributed by atoms with Crippen LogP contribution in [0.4, 0.5) is 0 Å². The van der Waals surface area contributed by atoms with Gasteiger partial charge in [-0.2, -0.15) is 8.42 Å². The minimum atomic E-state index is -0.750. The molecule has 2 aliphatic rings. The van der Waals surface area contributed by atoms with E-state index in [1.165, 1.54) is 11.1 Å². The third-order valence-corrected chi connectivity index (χ3v) is 8.10. The second-order valence-electron chi connectivity index (χ2n) is 11.1. The largest absolute Gasteiger partial charge is 0.497 e. The van der Waals surface area contributed by atoms with Crippen LogP contribution in [-0.4, -0.2) is 74.3 Å². The van der Waals surface area contributed by atoms with E-state index < -0.39 is 11.6 Å². The van der Waals surface area contributed by atoms with Gasteiger partial charge in [0.2, 0.25) is 0 Å². The number of hydrogen-bond acceptors (Lipinski definition) is 8. The summed E-state index contributed by atoms with van der Waals surface area (Å²) < 4.78 is 27.9. The average molecular weight is 606 g/mol. The van der Waals surface area contributed by atoms with Gasteiger partial charge >= 0.3 is 11.6 Å². The van der Waals surface area contributed by atoms with Gasteiger partial charge in [-0.1, -0.05) is 29.8 Å². The maximum Gasteiger partial charge on any atom is 0.335 e. The summed E-state index contributed by atoms with van der Waals surface area (Å²) in [6.07, 6.45) is 5.80. The molecule has 9 nitrogen and oxygen atoms in total. The van der Waals surface area contributed by atoms with Crippen LogP contribution < -0.4 is 9.47 Å². The van der Waals surface area contributed by atoms with Crippen molar-refractivity contribution in [2.45, 2.75) is 51.7 Å². The first-order valence-electron chi connectivity index (χ1n) is 14.7. The molecule has 0 bridgehead atoms. The van der Waals surface area contributed by atoms with Crippen LogP contribution in [0.25, 0.3) is 0 Å². The Kier molecular flexibility index (Phi) is 12.0. The van der Waals surface area contributed by atoms with Gasteiger partial charge in [-0.05, 0) is 80.7 Å². The molecule has 0 unspecified atom stereocenters. The van der Waals surface area contributed by atoms with Gasteiger partial charge in [-0.25, -0.2) is 0 Å². The quantitative estimate of drug-likeness (QED) is 0.317. The smallest absolute Gasteiger partial charge is 0.335 e. The topological polar surface area (TPSA) is 106 Å². The molecule has 10 heteroatoms. The normalized spacial score (nSPS) is 16.1. The van der Waals surface area contributed by atoms with Crippen LogP contribution in [0.1, 0.15) is 64.1 Å². The summed E-state index contributed by atoms with van der Waals surface area (Å²) in [5.74, 6) is 2.14. The first kappa shape index (κ1) is 32.0. The number of nitrogens with zero attached hydrogens (tertiary/aromatic N) is 3. The number of methoxy groups -OCH3 is 1. The van der Waals surface area contributed by atoms with E-state index in [4.69, 9.17) is 17.9 Å². The van der Waals surface area contributed by atoms with Crippen molar-refractivity contribution in [3.05, 3.63) is 89.2 Å². The monoisotopic (exact) mass is 605 g/mol. The number of amides is 1. The van der Waals surface area contributed by atoms with Crippen molar-refractivity contribution in [2.24, 2.45) is 5.92 Å². The highest BCUT2D eigenvalue weighted by Gasteiger charge is 2.26. The van der Waals surface area contributed by atoms with E-state index in [0.717, 1.165) is 56.8 Å². The van der Waals surface area contributed by atoms with Gasteiger partial charge < -0.3 is 14.4 Å². The van der Waals surface area contributed by atoms with Gasteiger partial charge in [0.25, 0.3) is 5.91 Å². The molecule has 0 saturated carbocycles. The van der Waals surface area contributed by atoms with Gasteiger partial charge in [0.1, 0.15) is 23.3 Å². The Bertz CT molecular complexity index is 1360. The number of ketones is 1. The molecule has 1 amide bonds. The van der Waals surface area contributed by atoms with Crippen molar-refractivity contribution in [1.82, 2.24) is 14.8 Å². The minimum absolute atomic E-state index is 0.0861. The molecule has 0 atom stereocenters. The highest BCUT2D eigenvalue weighted by molar-refractivity contribution is 7.51. The third-order valence-electron chi connectivity index (χ3n) is 8.10. The summed E-state index contributed by atoms with van der Waals surface area (Å²) in [4.78, 5) is 34.6. The maximum absolute atomic E-state index is 13.0. The number of carbonyl (C=O) groups is 2. The molecule has 0 spiro atoms. The summed E-state index contributed by atoms with van der Waals surface area (Å²) in [5, 5.41) is 0. The van der Waals surface area contributed by atoms with Crippen molar-refractivity contribution in [2.75, 3.05) is 33.3 Å². The number of hydrogen-bond donors (Lipinski definition) is 0. The van der Waals surface area contributed by atoms with Gasteiger partial charge in [0, 0.05) is 50.7 Å². The lowest BCUT2D eigenvalue weighted by Gasteiger charge is -2.32. The van der Waals surface area contributed by atoms with E-state index in [0.29, 0.717) is 36.7 Å². The van der Waals surface area contributed by atoms with Crippen LogP contribution in [0, 0.1) is 12.8 Å². The minimum Gasteiger partial charge on any atom is -0.497 e. The molecule has 1 aromatic heterocycles. The van der Waals surface area contributed by atoms with Crippen molar-refractivity contribution in [3.8, 4) is 11.5 Å². The van der Waals surface area contributed by atoms with Gasteiger partial charge in [-0.3, -0.25) is 19.5 Å². The summed E-state index contributed by atoms with van der Waals surface area (Å²) in [6, 6.07) is 19.7. The highest BCUT2D eigenvalue weighted by Crippen LogP contribution is 2.25. The second-order valence-corrected chi connectivity index (χ2v) is 11.3. The fraction of sp³-hybridized carbons (Fsp3) is 0.424. The van der Waals surface area contributed by atoms with Crippen LogP contribution in [0.3, 0.4) is 0 Å². The molecule has 3 aromatic rings. The molecule has 2 aliphatic heterocycles. The van der Waals surface area contributed by atoms with E-state index in [1.807, 2.05) is 41.3 Å². The molecule has 5 rings (SSSR count). The fourth-order valence-electron chi connectivity index (χ4n) is 5.55. The lowest BCUT2D eigenvalue weighted by atomic mass is 9.90. The number of Topliss-reactive ketones (excluding diaryl/α,β-unsaturated/α-hetero) is 1. The molecule has 0 radical (unpaired) electrons. The molecule has 43 heavy (non-hydrogen) atoms. The summed E-state index contributed by atoms with van der Waals surface area (Å²) in [7, 11) is 1.68. The number of carbonyl (C=O) groups excluding carboxylic acids is 2. The molecular weight excluding hydrogens is 566 g/mol. The molecule has 3 heterocycles. The second kappa shape index (κ2) is 16.1. The van der Waals surface area contributed by atoms with Crippen molar-refractivity contribution < 1.29 is 27.5 Å². The van der Waals surface area contributed by atoms with Crippen LogP contribution in [0.15, 0.2) is 66.9 Å². The number of pyridine rings is 1. The number of rotatable bonds is 9. The Morgan fingerprint density at radius 1 is 0.860 bits per heavy atom. The Balaban J connectivity index is 0.00000135. The summed E-state index contributed by atoms with van der Waals surface area (Å²) in [6.45, 7) is 6.22. The first-order chi connectivity index (χ1) is 20.9. The predicted octanol–water partition coefficient (Wildman–Crippen LogP) is 4.90. The Morgan fingerprint density at radius 3 is 2.07 bits per heavy atom. The Labute approximate surface area is 256 Å². The predicted molar refractivity (Wildman–Crippen MR) is 164 cm³/mol. The third kappa shape index (κ3) is 9.56. The molecule has 2 aromatic carbocycles. The maximum atomic E-state index is 13.0. The number of aromatic nitrogens is 1. The van der Waals surface area contributed by atoms with Crippen LogP contribution >= 0.6 is 0 Å². The Hall–Kier alpha value is -3.89. The Morgan fingerprint density at radius 2 is 1.49 bits per heavy atom. The van der Waals surface area contributed by atoms with E-state index in [1.54, 1.807) is 25.4 Å². The van der Waals surface area contributed by atoms with Crippen molar-refractivity contribution in [1.29, 1.82) is 0 Å². The summed E-state index contributed by atoms with van der Waals surface area (Å²) >= 11 is -0.750. The number of likely N-dealkylation sites (tertiary alicyclic amines) is 2. The fourth-order valence-corrected chi connectivity index (χ4v) is 5.55. The van der Waals surface area contributed by atoms with Gasteiger partial charge in [0.05, 0.1) is 7.11 Å². The SMILES string of the molecule is COc1ccc(CN2CCC(CC(=O)c3ccc(C(=O)N4CCC(Oc5ccc(C)cc5)CC4)nc3)CC2)cc1.O=S=O. The van der Waals surface area contributed by atoms with E-state index >= 15 is 0 Å². The van der Waals surface area contributed by atoms with Crippen molar-refractivity contribution in [3.63, 3.8) is 0 Å². The molecule has 0 N–H and O–H groups in total. The highest BCUT2D eigenvalue weighted by atomic mass is 32.1. The van der Waals surface area contributed by atoms with Gasteiger partial charge in [-0.15, -0.1) is 0 Å². The van der Waals surface area contributed by atoms with Crippen LogP contribution in [0.2, 0.25) is 0 Å². The van der Waals surface area contributed by atoms with Crippen LogP contribution in [0.5, 0.6) is 11.5 Å². The zero-order valence-electron chi connectivity index (χ0n) is 24.8. The standard InChI is InChI=1S/C33H39N3O4.O2S/c1-24-3-8-29(9-4-24)40-30-15-19-36(20-16-30)33(38)31-12-7-27(22-34-31)32(37)21-25-13-17-35(18-14-25)23-26-5-10-28(39-2)11-6-26;1-3-2/h3-12,22,25,30H,13-21,23H2,1-2H3;. The zero-order valence-corrected chi connectivity index (χ0v) is 25.6. The van der Waals surface area contributed by atoms with Crippen LogP contribution in [-0.2, 0) is 18.1 Å². The van der Waals surface area contributed by atoms with E-state index in [9.17, 15) is 9.59 Å². The summed E-state index contributed by atoms with van der Waals surface area (Å²) in [5.41, 5.74) is 3.45. The van der Waals surface area contributed by atoms with E-state index in [2.05, 4.69) is 28.9 Å². The van der Waals surface area contributed by atoms with E-state index in [-0.39, 0.29) is 17.8 Å². The molecule has 2 fully saturated rings. The number of benzene rings is 2. The molecule has 228 valence electrons. The van der Waals surface area contributed by atoms with Gasteiger partial charge in [0.15, 0.2) is 5.78 Å². The molecular formula is C33H39N3O6S. The zero-order chi connectivity index (χ0) is 30.6. The molecule has 0 aliphatic carbocycles. The average Bonchev–Trinajstić information content (AvgIpc) is 3.04. The van der Waals surface area contributed by atoms with Crippen molar-refractivity contribution >= 4 is 23.3 Å². The number of aryl methyl sites for hydroxylation is 1.